The molecule has 1 aliphatic heterocycles. The number of ether oxygens (including phenoxy) is 3. The van der Waals surface area contributed by atoms with Gasteiger partial charge in [0, 0.05) is 38.3 Å². The van der Waals surface area contributed by atoms with Gasteiger partial charge in [-0.2, -0.15) is 0 Å². The Morgan fingerprint density at radius 3 is 2.48 bits per heavy atom. The molecule has 29 heavy (non-hydrogen) atoms. The summed E-state index contributed by atoms with van der Waals surface area (Å²) in [6.07, 6.45) is 3.04. The summed E-state index contributed by atoms with van der Waals surface area (Å²) >= 11 is 0. The van der Waals surface area contributed by atoms with Crippen LogP contribution in [0.25, 0.3) is 0 Å². The Labute approximate surface area is 176 Å². The van der Waals surface area contributed by atoms with E-state index in [4.69, 9.17) is 19.2 Å². The summed E-state index contributed by atoms with van der Waals surface area (Å²) < 4.78 is 16.7. The Morgan fingerprint density at radius 2 is 1.86 bits per heavy atom. The molecule has 1 aromatic carbocycles. The molecule has 0 aliphatic carbocycles. The summed E-state index contributed by atoms with van der Waals surface area (Å²) in [7, 11) is 1.70. The van der Waals surface area contributed by atoms with E-state index in [2.05, 4.69) is 43.5 Å². The molecule has 0 saturated carbocycles. The summed E-state index contributed by atoms with van der Waals surface area (Å²) in [4.78, 5) is 4.93. The van der Waals surface area contributed by atoms with Crippen molar-refractivity contribution in [2.24, 2.45) is 10.9 Å². The number of guanidine groups is 1. The van der Waals surface area contributed by atoms with Gasteiger partial charge >= 0.3 is 0 Å². The van der Waals surface area contributed by atoms with Crippen LogP contribution in [0, 0.1) is 5.92 Å². The van der Waals surface area contributed by atoms with Crippen LogP contribution in [0.4, 0.5) is 0 Å². The highest BCUT2D eigenvalue weighted by Gasteiger charge is 2.34. The average molecular weight is 406 g/mol. The van der Waals surface area contributed by atoms with Crippen LogP contribution >= 0.6 is 0 Å². The molecule has 1 saturated heterocycles. The van der Waals surface area contributed by atoms with Crippen LogP contribution in [0.15, 0.2) is 29.3 Å². The third-order valence-corrected chi connectivity index (χ3v) is 5.41. The zero-order valence-corrected chi connectivity index (χ0v) is 18.6. The molecule has 2 N–H and O–H groups in total. The second-order valence-corrected chi connectivity index (χ2v) is 8.04. The van der Waals surface area contributed by atoms with Crippen molar-refractivity contribution in [3.63, 3.8) is 0 Å². The van der Waals surface area contributed by atoms with Gasteiger partial charge in [0.25, 0.3) is 0 Å². The zero-order valence-electron chi connectivity index (χ0n) is 18.6. The molecule has 0 unspecified atom stereocenters. The first kappa shape index (κ1) is 23.5. The highest BCUT2D eigenvalue weighted by atomic mass is 16.5. The van der Waals surface area contributed by atoms with E-state index in [1.807, 2.05) is 12.1 Å². The fourth-order valence-electron chi connectivity index (χ4n) is 3.48. The van der Waals surface area contributed by atoms with Crippen molar-refractivity contribution >= 4 is 5.96 Å². The lowest BCUT2D eigenvalue weighted by Crippen LogP contribution is -2.42. The first-order valence-electron chi connectivity index (χ1n) is 10.9. The lowest BCUT2D eigenvalue weighted by molar-refractivity contribution is 0.0531. The maximum Gasteiger partial charge on any atom is 0.191 e. The van der Waals surface area contributed by atoms with Gasteiger partial charge in [-0.25, -0.2) is 0 Å². The summed E-state index contributed by atoms with van der Waals surface area (Å²) in [5, 5.41) is 6.75. The second kappa shape index (κ2) is 12.7. The van der Waals surface area contributed by atoms with Gasteiger partial charge in [-0.3, -0.25) is 4.99 Å². The molecule has 1 aliphatic rings. The summed E-state index contributed by atoms with van der Waals surface area (Å²) in [6, 6.07) is 8.41. The van der Waals surface area contributed by atoms with Crippen LogP contribution in [-0.2, 0) is 14.9 Å². The molecule has 0 atom stereocenters. The second-order valence-electron chi connectivity index (χ2n) is 8.04. The topological polar surface area (TPSA) is 64.1 Å². The largest absolute Gasteiger partial charge is 0.497 e. The van der Waals surface area contributed by atoms with E-state index >= 15 is 0 Å². The van der Waals surface area contributed by atoms with E-state index in [0.29, 0.717) is 12.5 Å². The third-order valence-electron chi connectivity index (χ3n) is 5.41. The van der Waals surface area contributed by atoms with E-state index < -0.39 is 0 Å². The number of hydrogen-bond donors (Lipinski definition) is 2. The van der Waals surface area contributed by atoms with Crippen molar-refractivity contribution in [2.75, 3.05) is 53.2 Å². The van der Waals surface area contributed by atoms with E-state index in [1.54, 1.807) is 7.11 Å². The molecule has 2 rings (SSSR count). The maximum absolute atomic E-state index is 5.70. The lowest BCUT2D eigenvalue weighted by Gasteiger charge is -2.36. The van der Waals surface area contributed by atoms with Gasteiger partial charge in [0.15, 0.2) is 5.96 Å². The van der Waals surface area contributed by atoms with Gasteiger partial charge in [-0.1, -0.05) is 26.0 Å². The van der Waals surface area contributed by atoms with Crippen molar-refractivity contribution in [1.29, 1.82) is 0 Å². The number of nitrogens with zero attached hydrogens (tertiary/aromatic N) is 1. The Bertz CT molecular complexity index is 596. The number of benzene rings is 1. The van der Waals surface area contributed by atoms with Crippen LogP contribution in [0.3, 0.4) is 0 Å². The Morgan fingerprint density at radius 1 is 1.14 bits per heavy atom. The molecular weight excluding hydrogens is 366 g/mol. The molecule has 1 aromatic rings. The van der Waals surface area contributed by atoms with Crippen LogP contribution in [0.1, 0.15) is 45.6 Å². The quantitative estimate of drug-likeness (QED) is 0.336. The summed E-state index contributed by atoms with van der Waals surface area (Å²) in [6.45, 7) is 11.9. The SMILES string of the molecule is CCNC(=NCC1(c2ccc(OC)cc2)CCOCC1)NCCOCCC(C)C. The normalized spacial score (nSPS) is 16.7. The number of nitrogens with one attached hydrogen (secondary N) is 2. The average Bonchev–Trinajstić information content (AvgIpc) is 2.75. The maximum atomic E-state index is 5.70. The van der Waals surface area contributed by atoms with Crippen molar-refractivity contribution < 1.29 is 14.2 Å². The molecule has 0 bridgehead atoms. The fraction of sp³-hybridized carbons (Fsp3) is 0.696. The highest BCUT2D eigenvalue weighted by molar-refractivity contribution is 5.79. The monoisotopic (exact) mass is 405 g/mol. The molecule has 1 heterocycles. The van der Waals surface area contributed by atoms with E-state index in [-0.39, 0.29) is 5.41 Å². The molecule has 0 aromatic heterocycles. The molecule has 6 nitrogen and oxygen atoms in total. The van der Waals surface area contributed by atoms with Crippen LogP contribution in [0.2, 0.25) is 0 Å². The Balaban J connectivity index is 1.98. The smallest absolute Gasteiger partial charge is 0.191 e. The lowest BCUT2D eigenvalue weighted by atomic mass is 9.74. The number of rotatable bonds is 11. The van der Waals surface area contributed by atoms with Crippen molar-refractivity contribution in [1.82, 2.24) is 10.6 Å². The van der Waals surface area contributed by atoms with Crippen molar-refractivity contribution in [3.8, 4) is 5.75 Å². The minimum Gasteiger partial charge on any atom is -0.497 e. The van der Waals surface area contributed by atoms with Gasteiger partial charge in [-0.15, -0.1) is 0 Å². The molecule has 1 fully saturated rings. The Hall–Kier alpha value is -1.79. The van der Waals surface area contributed by atoms with Gasteiger partial charge < -0.3 is 24.8 Å². The van der Waals surface area contributed by atoms with Crippen LogP contribution in [-0.4, -0.2) is 59.1 Å². The van der Waals surface area contributed by atoms with Crippen LogP contribution < -0.4 is 15.4 Å². The fourth-order valence-corrected chi connectivity index (χ4v) is 3.48. The molecule has 0 radical (unpaired) electrons. The number of methoxy groups -OCH3 is 1. The van der Waals surface area contributed by atoms with Crippen molar-refractivity contribution in [3.05, 3.63) is 29.8 Å². The minimum absolute atomic E-state index is 0.000632. The standard InChI is InChI=1S/C23H39N3O3/c1-5-24-22(25-13-17-28-14-10-19(2)3)26-18-23(11-15-29-16-12-23)20-6-8-21(27-4)9-7-20/h6-9,19H,5,10-18H2,1-4H3,(H2,24,25,26). The highest BCUT2D eigenvalue weighted by Crippen LogP contribution is 2.36. The predicted octanol–water partition coefficient (Wildman–Crippen LogP) is 3.36. The van der Waals surface area contributed by atoms with Gasteiger partial charge in [0.1, 0.15) is 5.75 Å². The van der Waals surface area contributed by atoms with Gasteiger partial charge in [0.05, 0.1) is 20.3 Å². The first-order valence-corrected chi connectivity index (χ1v) is 10.9. The number of hydrogen-bond acceptors (Lipinski definition) is 4. The van der Waals surface area contributed by atoms with E-state index in [9.17, 15) is 0 Å². The zero-order chi connectivity index (χ0) is 21.0. The molecule has 6 heteroatoms. The first-order chi connectivity index (χ1) is 14.1. The third kappa shape index (κ3) is 7.86. The predicted molar refractivity (Wildman–Crippen MR) is 119 cm³/mol. The molecular formula is C23H39N3O3. The summed E-state index contributed by atoms with van der Waals surface area (Å²) in [5.74, 6) is 2.40. The van der Waals surface area contributed by atoms with Crippen LogP contribution in [0.5, 0.6) is 5.75 Å². The Kier molecular flexibility index (Phi) is 10.3. The molecule has 0 spiro atoms. The molecule has 0 amide bonds. The van der Waals surface area contributed by atoms with E-state index in [1.165, 1.54) is 5.56 Å². The van der Waals surface area contributed by atoms with E-state index in [0.717, 1.165) is 70.4 Å². The minimum atomic E-state index is 0.000632. The number of aliphatic imine (C=N–C) groups is 1. The van der Waals surface area contributed by atoms with Crippen molar-refractivity contribution in [2.45, 2.75) is 45.4 Å². The van der Waals surface area contributed by atoms with Gasteiger partial charge in [0.2, 0.25) is 0 Å². The molecule has 164 valence electrons. The van der Waals surface area contributed by atoms with Gasteiger partial charge in [-0.05, 0) is 49.8 Å². The summed E-state index contributed by atoms with van der Waals surface area (Å²) in [5.41, 5.74) is 1.30.